The van der Waals surface area contributed by atoms with Crippen LogP contribution in [0.15, 0.2) is 24.4 Å². The molecule has 2 aliphatic heterocycles. The number of nitrogens with one attached hydrogen (secondary N) is 1. The highest BCUT2D eigenvalue weighted by Gasteiger charge is 2.38. The maximum atomic E-state index is 12.3. The Morgan fingerprint density at radius 1 is 1.20 bits per heavy atom. The van der Waals surface area contributed by atoms with E-state index in [4.69, 9.17) is 9.47 Å². The average Bonchev–Trinajstić information content (AvgIpc) is 3.20. The molecule has 6 heteroatoms. The number of aromatic amines is 1. The minimum absolute atomic E-state index is 0.109. The minimum Gasteiger partial charge on any atom is -0.486 e. The van der Waals surface area contributed by atoms with Crippen molar-refractivity contribution in [1.29, 1.82) is 0 Å². The molecular weight excluding hydrogens is 318 g/mol. The molecule has 1 aromatic carbocycles. The van der Waals surface area contributed by atoms with Crippen LogP contribution in [0, 0.1) is 0 Å². The van der Waals surface area contributed by atoms with E-state index in [1.807, 2.05) is 29.3 Å². The van der Waals surface area contributed by atoms with Crippen LogP contribution >= 0.6 is 0 Å². The van der Waals surface area contributed by atoms with Crippen LogP contribution in [0.2, 0.25) is 0 Å². The summed E-state index contributed by atoms with van der Waals surface area (Å²) in [5.41, 5.74) is 1.77. The van der Waals surface area contributed by atoms with Gasteiger partial charge in [0.2, 0.25) is 5.91 Å². The summed E-state index contributed by atoms with van der Waals surface area (Å²) in [6.07, 6.45) is 2.33. The Balaban J connectivity index is 1.56. The number of ether oxygens (including phenoxy) is 2. The van der Waals surface area contributed by atoms with Gasteiger partial charge in [0.1, 0.15) is 19.0 Å². The number of amides is 1. The molecule has 1 atom stereocenters. The lowest BCUT2D eigenvalue weighted by Gasteiger charge is -2.31. The number of carbonyl (C=O) groups excluding carboxylic acids is 1. The van der Waals surface area contributed by atoms with Crippen molar-refractivity contribution in [3.8, 4) is 22.8 Å². The first kappa shape index (κ1) is 16.0. The van der Waals surface area contributed by atoms with Gasteiger partial charge in [-0.2, -0.15) is 0 Å². The molecule has 1 saturated heterocycles. The topological polar surface area (TPSA) is 67.5 Å². The van der Waals surface area contributed by atoms with E-state index in [-0.39, 0.29) is 17.4 Å². The second-order valence-electron chi connectivity index (χ2n) is 7.62. The Morgan fingerprint density at radius 2 is 1.96 bits per heavy atom. The zero-order valence-corrected chi connectivity index (χ0v) is 14.8. The van der Waals surface area contributed by atoms with Crippen LogP contribution in [0.5, 0.6) is 11.5 Å². The van der Waals surface area contributed by atoms with Crippen LogP contribution < -0.4 is 9.47 Å². The van der Waals surface area contributed by atoms with Gasteiger partial charge in [-0.3, -0.25) is 4.79 Å². The van der Waals surface area contributed by atoms with Gasteiger partial charge in [0, 0.05) is 30.0 Å². The standard InChI is InChI=1S/C19H23N3O3/c1-19(2,3)22-11-13(9-17(22)23)18-20-10-14(21-18)12-4-5-15-16(8-12)25-7-6-24-15/h4-5,8,10,13H,6-7,9,11H2,1-3H3,(H,20,21). The third kappa shape index (κ3) is 2.97. The first-order chi connectivity index (χ1) is 11.9. The van der Waals surface area contributed by atoms with Crippen molar-refractivity contribution < 1.29 is 14.3 Å². The van der Waals surface area contributed by atoms with Gasteiger partial charge in [-0.1, -0.05) is 0 Å². The molecular formula is C19H23N3O3. The summed E-state index contributed by atoms with van der Waals surface area (Å²) in [7, 11) is 0. The lowest BCUT2D eigenvalue weighted by atomic mass is 10.1. The second kappa shape index (κ2) is 5.79. The molecule has 0 radical (unpaired) electrons. The number of H-pyrrole nitrogens is 1. The predicted octanol–water partition coefficient (Wildman–Crippen LogP) is 2.96. The van der Waals surface area contributed by atoms with E-state index >= 15 is 0 Å². The van der Waals surface area contributed by atoms with Gasteiger partial charge in [-0.15, -0.1) is 0 Å². The molecule has 3 heterocycles. The number of rotatable bonds is 2. The lowest BCUT2D eigenvalue weighted by Crippen LogP contribution is -2.42. The van der Waals surface area contributed by atoms with E-state index in [9.17, 15) is 4.79 Å². The summed E-state index contributed by atoms with van der Waals surface area (Å²) in [5, 5.41) is 0. The highest BCUT2D eigenvalue weighted by molar-refractivity contribution is 5.80. The van der Waals surface area contributed by atoms with E-state index in [1.54, 1.807) is 0 Å². The van der Waals surface area contributed by atoms with Gasteiger partial charge in [0.25, 0.3) is 0 Å². The van der Waals surface area contributed by atoms with Crippen molar-refractivity contribution in [3.63, 3.8) is 0 Å². The fourth-order valence-corrected chi connectivity index (χ4v) is 3.44. The van der Waals surface area contributed by atoms with Crippen LogP contribution in [-0.2, 0) is 4.79 Å². The van der Waals surface area contributed by atoms with Crippen LogP contribution in [0.1, 0.15) is 38.9 Å². The summed E-state index contributed by atoms with van der Waals surface area (Å²) in [4.78, 5) is 22.1. The number of imidazole rings is 1. The number of benzene rings is 1. The highest BCUT2D eigenvalue weighted by atomic mass is 16.6. The first-order valence-electron chi connectivity index (χ1n) is 8.67. The molecule has 2 aliphatic rings. The molecule has 25 heavy (non-hydrogen) atoms. The number of carbonyl (C=O) groups is 1. The van der Waals surface area contributed by atoms with Crippen molar-refractivity contribution in [2.24, 2.45) is 0 Å². The van der Waals surface area contributed by atoms with E-state index in [0.29, 0.717) is 26.2 Å². The van der Waals surface area contributed by atoms with Gasteiger partial charge in [0.05, 0.1) is 11.9 Å². The van der Waals surface area contributed by atoms with Crippen LogP contribution in [-0.4, -0.2) is 46.1 Å². The van der Waals surface area contributed by atoms with Crippen molar-refractivity contribution in [2.75, 3.05) is 19.8 Å². The largest absolute Gasteiger partial charge is 0.486 e. The summed E-state index contributed by atoms with van der Waals surface area (Å²) in [6.45, 7) is 8.05. The summed E-state index contributed by atoms with van der Waals surface area (Å²) in [6, 6.07) is 5.88. The van der Waals surface area contributed by atoms with E-state index < -0.39 is 0 Å². The molecule has 2 aromatic rings. The zero-order chi connectivity index (χ0) is 17.6. The number of fused-ring (bicyclic) bond motifs is 1. The number of nitrogens with zero attached hydrogens (tertiary/aromatic N) is 2. The number of aromatic nitrogens is 2. The smallest absolute Gasteiger partial charge is 0.223 e. The molecule has 1 amide bonds. The molecule has 1 fully saturated rings. The molecule has 0 bridgehead atoms. The summed E-state index contributed by atoms with van der Waals surface area (Å²) < 4.78 is 11.2. The minimum atomic E-state index is -0.156. The number of hydrogen-bond acceptors (Lipinski definition) is 4. The quantitative estimate of drug-likeness (QED) is 0.912. The van der Waals surface area contributed by atoms with Crippen LogP contribution in [0.4, 0.5) is 0 Å². The summed E-state index contributed by atoms with van der Waals surface area (Å²) >= 11 is 0. The molecule has 4 rings (SSSR count). The summed E-state index contributed by atoms with van der Waals surface area (Å²) in [5.74, 6) is 2.70. The first-order valence-corrected chi connectivity index (χ1v) is 8.67. The zero-order valence-electron chi connectivity index (χ0n) is 14.8. The number of hydrogen-bond donors (Lipinski definition) is 1. The Morgan fingerprint density at radius 3 is 2.68 bits per heavy atom. The lowest BCUT2D eigenvalue weighted by molar-refractivity contribution is -0.131. The van der Waals surface area contributed by atoms with Gasteiger partial charge >= 0.3 is 0 Å². The van der Waals surface area contributed by atoms with Gasteiger partial charge in [-0.05, 0) is 39.0 Å². The van der Waals surface area contributed by atoms with Gasteiger partial charge in [-0.25, -0.2) is 4.98 Å². The maximum Gasteiger partial charge on any atom is 0.223 e. The van der Waals surface area contributed by atoms with E-state index in [2.05, 4.69) is 30.7 Å². The van der Waals surface area contributed by atoms with Gasteiger partial charge in [0.15, 0.2) is 11.5 Å². The van der Waals surface area contributed by atoms with Crippen molar-refractivity contribution in [3.05, 3.63) is 30.2 Å². The normalized spacial score (nSPS) is 20.2. The van der Waals surface area contributed by atoms with Crippen molar-refractivity contribution in [1.82, 2.24) is 14.9 Å². The molecule has 0 saturated carbocycles. The Kier molecular flexibility index (Phi) is 3.71. The highest BCUT2D eigenvalue weighted by Crippen LogP contribution is 2.35. The SMILES string of the molecule is CC(C)(C)N1CC(c2ncc(-c3ccc4c(c3)OCCO4)[nH]2)CC1=O. The fraction of sp³-hybridized carbons (Fsp3) is 0.474. The molecule has 132 valence electrons. The molecule has 1 aromatic heterocycles. The van der Waals surface area contributed by atoms with Gasteiger partial charge < -0.3 is 19.4 Å². The third-order valence-electron chi connectivity index (χ3n) is 4.77. The average molecular weight is 341 g/mol. The molecule has 0 aliphatic carbocycles. The number of likely N-dealkylation sites (tertiary alicyclic amines) is 1. The van der Waals surface area contributed by atoms with Crippen LogP contribution in [0.25, 0.3) is 11.3 Å². The van der Waals surface area contributed by atoms with Crippen molar-refractivity contribution in [2.45, 2.75) is 38.6 Å². The van der Waals surface area contributed by atoms with E-state index in [0.717, 1.165) is 28.6 Å². The molecule has 0 spiro atoms. The molecule has 1 unspecified atom stereocenters. The maximum absolute atomic E-state index is 12.3. The van der Waals surface area contributed by atoms with Crippen LogP contribution in [0.3, 0.4) is 0 Å². The molecule has 1 N–H and O–H groups in total. The monoisotopic (exact) mass is 341 g/mol. The third-order valence-corrected chi connectivity index (χ3v) is 4.77. The Bertz CT molecular complexity index is 806. The van der Waals surface area contributed by atoms with Crippen molar-refractivity contribution >= 4 is 5.91 Å². The fourth-order valence-electron chi connectivity index (χ4n) is 3.44. The molecule has 6 nitrogen and oxygen atoms in total. The van der Waals surface area contributed by atoms with E-state index in [1.165, 1.54) is 0 Å². The second-order valence-corrected chi connectivity index (χ2v) is 7.62. The predicted molar refractivity (Wildman–Crippen MR) is 93.8 cm³/mol. The Labute approximate surface area is 147 Å². The Hall–Kier alpha value is -2.50.